The number of fused-ring (bicyclic) bond motifs is 4. The van der Waals surface area contributed by atoms with Crippen LogP contribution in [0.1, 0.15) is 25.7 Å². The van der Waals surface area contributed by atoms with Gasteiger partial charge in [0.15, 0.2) is 0 Å². The molecule has 0 N–H and O–H groups in total. The van der Waals surface area contributed by atoms with Crippen molar-refractivity contribution in [2.24, 2.45) is 35.5 Å². The Balaban J connectivity index is 0.000000147. The van der Waals surface area contributed by atoms with Crippen LogP contribution in [0, 0.1) is 35.5 Å². The molecule has 110 valence electrons. The molecule has 6 unspecified atom stereocenters. The molecule has 2 fully saturated rings. The predicted molar refractivity (Wildman–Crippen MR) is 67.7 cm³/mol. The second kappa shape index (κ2) is 6.60. The van der Waals surface area contributed by atoms with Crippen molar-refractivity contribution in [3.05, 3.63) is 24.3 Å². The normalized spacial score (nSPS) is 40.6. The molecule has 21 heavy (non-hydrogen) atoms. The maximum atomic E-state index is 10.4. The van der Waals surface area contributed by atoms with E-state index in [0.717, 1.165) is 25.7 Å². The molecule has 0 saturated heterocycles. The summed E-state index contributed by atoms with van der Waals surface area (Å²) in [5, 5.41) is 20.9. The van der Waals surface area contributed by atoms with Crippen molar-refractivity contribution in [2.45, 2.75) is 25.7 Å². The first-order chi connectivity index (χ1) is 9.54. The summed E-state index contributed by atoms with van der Waals surface area (Å²) in [5.41, 5.74) is 0. The minimum Gasteiger partial charge on any atom is -0.550 e. The van der Waals surface area contributed by atoms with Crippen molar-refractivity contribution < 1.29 is 46.0 Å². The molecular formula is C16H18O4Zr. The molecule has 4 rings (SSSR count). The number of carbonyl (C=O) groups is 2. The topological polar surface area (TPSA) is 80.3 Å². The van der Waals surface area contributed by atoms with Crippen molar-refractivity contribution in [3.8, 4) is 0 Å². The van der Waals surface area contributed by atoms with Crippen molar-refractivity contribution in [1.29, 1.82) is 0 Å². The monoisotopic (exact) mass is 364 g/mol. The Bertz CT molecular complexity index is 441. The number of allylic oxidation sites excluding steroid dienone is 4. The summed E-state index contributed by atoms with van der Waals surface area (Å²) >= 11 is 0. The van der Waals surface area contributed by atoms with E-state index in [-0.39, 0.29) is 49.9 Å². The van der Waals surface area contributed by atoms with E-state index in [2.05, 4.69) is 12.2 Å². The van der Waals surface area contributed by atoms with Crippen molar-refractivity contribution in [1.82, 2.24) is 0 Å². The van der Waals surface area contributed by atoms with Gasteiger partial charge in [-0.15, -0.1) is 0 Å². The molecule has 0 spiro atoms. The molecule has 2 saturated carbocycles. The third-order valence-electron chi connectivity index (χ3n) is 5.16. The Labute approximate surface area is 143 Å². The average molecular weight is 366 g/mol. The molecule has 0 amide bonds. The van der Waals surface area contributed by atoms with Gasteiger partial charge in [0, 0.05) is 23.8 Å². The standard InChI is InChI=1S/2C8H10O2.Zr/c2*9-8(10)7-4-5-1-2-6(7)3-5;/h2*1-2,5-7H,3-4H2,(H,9,10);/q;;+2/p-2. The Morgan fingerprint density at radius 1 is 0.714 bits per heavy atom. The summed E-state index contributed by atoms with van der Waals surface area (Å²) in [6.45, 7) is 0. The first kappa shape index (κ1) is 16.7. The van der Waals surface area contributed by atoms with Crippen LogP contribution in [0.25, 0.3) is 0 Å². The summed E-state index contributed by atoms with van der Waals surface area (Å²) in [4.78, 5) is 20.9. The van der Waals surface area contributed by atoms with Crippen LogP contribution in [-0.4, -0.2) is 11.9 Å². The number of aliphatic carboxylic acids is 2. The molecule has 4 aliphatic carbocycles. The quantitative estimate of drug-likeness (QED) is 0.640. The van der Waals surface area contributed by atoms with Gasteiger partial charge in [0.2, 0.25) is 0 Å². The third kappa shape index (κ3) is 3.39. The number of carbonyl (C=O) groups excluding carboxylic acids is 2. The van der Waals surface area contributed by atoms with Gasteiger partial charge in [-0.2, -0.15) is 0 Å². The van der Waals surface area contributed by atoms with E-state index >= 15 is 0 Å². The average Bonchev–Trinajstić information content (AvgIpc) is 3.18. The zero-order valence-electron chi connectivity index (χ0n) is 11.7. The van der Waals surface area contributed by atoms with Crippen LogP contribution in [0.15, 0.2) is 24.3 Å². The van der Waals surface area contributed by atoms with Gasteiger partial charge in [-0.05, 0) is 49.4 Å². The van der Waals surface area contributed by atoms with Gasteiger partial charge < -0.3 is 19.8 Å². The van der Waals surface area contributed by atoms with E-state index in [1.807, 2.05) is 12.2 Å². The fourth-order valence-electron chi connectivity index (χ4n) is 4.10. The minimum absolute atomic E-state index is 0. The minimum atomic E-state index is -0.864. The van der Waals surface area contributed by atoms with E-state index in [9.17, 15) is 19.8 Å². The number of carboxylic acids is 2. The summed E-state index contributed by atoms with van der Waals surface area (Å²) in [5.74, 6) is -0.454. The van der Waals surface area contributed by atoms with E-state index in [1.165, 1.54) is 0 Å². The molecule has 6 atom stereocenters. The molecule has 0 aromatic rings. The number of hydrogen-bond acceptors (Lipinski definition) is 4. The maximum absolute atomic E-state index is 10.4. The fourth-order valence-corrected chi connectivity index (χ4v) is 4.10. The molecule has 4 nitrogen and oxygen atoms in total. The number of rotatable bonds is 2. The Morgan fingerprint density at radius 3 is 1.24 bits per heavy atom. The molecule has 0 aliphatic heterocycles. The van der Waals surface area contributed by atoms with Crippen LogP contribution in [0.5, 0.6) is 0 Å². The SMILES string of the molecule is O=C([O-])C1CC2C=CC1C2.O=C([O-])C1CC2C=CC1C2.[Zr+2]. The Kier molecular flexibility index (Phi) is 5.24. The fraction of sp³-hybridized carbons (Fsp3) is 0.625. The van der Waals surface area contributed by atoms with Gasteiger partial charge in [-0.25, -0.2) is 0 Å². The van der Waals surface area contributed by atoms with E-state index in [0.29, 0.717) is 11.8 Å². The van der Waals surface area contributed by atoms with Gasteiger partial charge >= 0.3 is 26.2 Å². The van der Waals surface area contributed by atoms with Crippen LogP contribution in [0.3, 0.4) is 0 Å². The Hall–Kier alpha value is -0.697. The number of hydrogen-bond donors (Lipinski definition) is 0. The number of carboxylic acid groups (broad SMARTS) is 2. The molecule has 0 aromatic carbocycles. The van der Waals surface area contributed by atoms with Gasteiger partial charge in [0.05, 0.1) is 0 Å². The van der Waals surface area contributed by atoms with Crippen LogP contribution < -0.4 is 10.2 Å². The van der Waals surface area contributed by atoms with Crippen LogP contribution in [0.2, 0.25) is 0 Å². The summed E-state index contributed by atoms with van der Waals surface area (Å²) in [7, 11) is 0. The largest absolute Gasteiger partial charge is 2.00 e. The molecule has 4 aliphatic rings. The Morgan fingerprint density at radius 2 is 1.10 bits per heavy atom. The second-order valence-corrected chi connectivity index (χ2v) is 6.41. The van der Waals surface area contributed by atoms with Crippen LogP contribution >= 0.6 is 0 Å². The molecule has 0 aromatic heterocycles. The molecule has 5 heteroatoms. The summed E-state index contributed by atoms with van der Waals surface area (Å²) in [6, 6.07) is 0. The molecule has 0 radical (unpaired) electrons. The first-order valence-corrected chi connectivity index (χ1v) is 7.33. The first-order valence-electron chi connectivity index (χ1n) is 7.33. The van der Waals surface area contributed by atoms with Gasteiger partial charge in [0.1, 0.15) is 0 Å². The third-order valence-corrected chi connectivity index (χ3v) is 5.16. The zero-order valence-corrected chi connectivity index (χ0v) is 14.2. The summed E-state index contributed by atoms with van der Waals surface area (Å²) < 4.78 is 0. The predicted octanol–water partition coefficient (Wildman–Crippen LogP) is -0.106. The van der Waals surface area contributed by atoms with Gasteiger partial charge in [-0.3, -0.25) is 0 Å². The molecule has 4 bridgehead atoms. The second-order valence-electron chi connectivity index (χ2n) is 6.41. The van der Waals surface area contributed by atoms with Crippen LogP contribution in [0.4, 0.5) is 0 Å². The van der Waals surface area contributed by atoms with E-state index in [1.54, 1.807) is 0 Å². The van der Waals surface area contributed by atoms with Crippen molar-refractivity contribution >= 4 is 11.9 Å². The molecule has 0 heterocycles. The van der Waals surface area contributed by atoms with Crippen molar-refractivity contribution in [2.75, 3.05) is 0 Å². The smallest absolute Gasteiger partial charge is 0.550 e. The van der Waals surface area contributed by atoms with E-state index < -0.39 is 11.9 Å². The zero-order chi connectivity index (χ0) is 14.3. The van der Waals surface area contributed by atoms with Crippen LogP contribution in [-0.2, 0) is 35.8 Å². The summed E-state index contributed by atoms with van der Waals surface area (Å²) in [6.07, 6.45) is 12.0. The van der Waals surface area contributed by atoms with E-state index in [4.69, 9.17) is 0 Å². The van der Waals surface area contributed by atoms with Gasteiger partial charge in [-0.1, -0.05) is 24.3 Å². The van der Waals surface area contributed by atoms with Crippen molar-refractivity contribution in [3.63, 3.8) is 0 Å². The van der Waals surface area contributed by atoms with Gasteiger partial charge in [0.25, 0.3) is 0 Å². The maximum Gasteiger partial charge on any atom is 2.00 e. The molecular weight excluding hydrogens is 347 g/mol.